The normalized spacial score (nSPS) is 17.1. The van der Waals surface area contributed by atoms with Crippen molar-refractivity contribution in [2.24, 2.45) is 5.73 Å². The second kappa shape index (κ2) is 4.90. The standard InChI is InChI=1S/C17H17N3O/c18-15-8-7-14-13(15)4-3-5-16(14)21-11-12-10-20-9-2-1-6-17(20)19-12/h1-6,9-10,15H,7-8,11,18H2. The molecule has 2 heterocycles. The van der Waals surface area contributed by atoms with E-state index in [-0.39, 0.29) is 6.04 Å². The van der Waals surface area contributed by atoms with E-state index in [9.17, 15) is 0 Å². The van der Waals surface area contributed by atoms with Crippen molar-refractivity contribution >= 4 is 5.65 Å². The lowest BCUT2D eigenvalue weighted by Crippen LogP contribution is -2.05. The molecule has 2 aromatic heterocycles. The minimum atomic E-state index is 0.152. The molecule has 0 spiro atoms. The molecular weight excluding hydrogens is 262 g/mol. The van der Waals surface area contributed by atoms with Crippen LogP contribution in [0.25, 0.3) is 5.65 Å². The maximum absolute atomic E-state index is 6.10. The first kappa shape index (κ1) is 12.4. The zero-order chi connectivity index (χ0) is 14.2. The van der Waals surface area contributed by atoms with Crippen molar-refractivity contribution in [2.75, 3.05) is 0 Å². The number of nitrogens with zero attached hydrogens (tertiary/aromatic N) is 2. The Hall–Kier alpha value is -2.33. The lowest BCUT2D eigenvalue weighted by atomic mass is 10.1. The van der Waals surface area contributed by atoms with E-state index in [0.29, 0.717) is 6.61 Å². The van der Waals surface area contributed by atoms with Crippen LogP contribution in [0.5, 0.6) is 5.75 Å². The number of hydrogen-bond acceptors (Lipinski definition) is 3. The quantitative estimate of drug-likeness (QED) is 0.802. The van der Waals surface area contributed by atoms with Crippen LogP contribution >= 0.6 is 0 Å². The van der Waals surface area contributed by atoms with Gasteiger partial charge >= 0.3 is 0 Å². The van der Waals surface area contributed by atoms with E-state index in [1.54, 1.807) is 0 Å². The molecule has 1 aliphatic carbocycles. The number of imidazole rings is 1. The highest BCUT2D eigenvalue weighted by Gasteiger charge is 2.22. The Bertz CT molecular complexity index is 761. The molecule has 0 fully saturated rings. The first-order chi connectivity index (χ1) is 10.3. The van der Waals surface area contributed by atoms with Crippen LogP contribution in [0.2, 0.25) is 0 Å². The molecule has 1 aliphatic rings. The van der Waals surface area contributed by atoms with Gasteiger partial charge in [0.2, 0.25) is 0 Å². The fourth-order valence-corrected chi connectivity index (χ4v) is 3.00. The highest BCUT2D eigenvalue weighted by Crippen LogP contribution is 2.35. The van der Waals surface area contributed by atoms with Gasteiger partial charge in [0.1, 0.15) is 18.0 Å². The number of rotatable bonds is 3. The zero-order valence-corrected chi connectivity index (χ0v) is 11.7. The summed E-state index contributed by atoms with van der Waals surface area (Å²) in [4.78, 5) is 4.55. The highest BCUT2D eigenvalue weighted by atomic mass is 16.5. The molecule has 0 amide bonds. The van der Waals surface area contributed by atoms with E-state index in [0.717, 1.165) is 29.9 Å². The molecule has 0 saturated heterocycles. The van der Waals surface area contributed by atoms with Crippen molar-refractivity contribution in [2.45, 2.75) is 25.5 Å². The molecule has 4 heteroatoms. The molecule has 1 atom stereocenters. The number of benzene rings is 1. The maximum Gasteiger partial charge on any atom is 0.137 e. The molecule has 21 heavy (non-hydrogen) atoms. The summed E-state index contributed by atoms with van der Waals surface area (Å²) in [5, 5.41) is 0. The van der Waals surface area contributed by atoms with Gasteiger partial charge in [0, 0.05) is 18.4 Å². The van der Waals surface area contributed by atoms with Crippen LogP contribution in [0, 0.1) is 0 Å². The summed E-state index contributed by atoms with van der Waals surface area (Å²) in [5.41, 5.74) is 10.5. The van der Waals surface area contributed by atoms with E-state index in [2.05, 4.69) is 11.1 Å². The summed E-state index contributed by atoms with van der Waals surface area (Å²) in [6, 6.07) is 12.3. The third kappa shape index (κ3) is 2.17. The fourth-order valence-electron chi connectivity index (χ4n) is 3.00. The second-order valence-corrected chi connectivity index (χ2v) is 5.46. The van der Waals surface area contributed by atoms with Gasteiger partial charge in [0.25, 0.3) is 0 Å². The minimum absolute atomic E-state index is 0.152. The van der Waals surface area contributed by atoms with Crippen LogP contribution in [0.3, 0.4) is 0 Å². The van der Waals surface area contributed by atoms with Gasteiger partial charge in [-0.05, 0) is 42.2 Å². The number of aromatic nitrogens is 2. The molecule has 1 aromatic carbocycles. The largest absolute Gasteiger partial charge is 0.487 e. The summed E-state index contributed by atoms with van der Waals surface area (Å²) in [6.45, 7) is 0.480. The van der Waals surface area contributed by atoms with Crippen molar-refractivity contribution in [3.63, 3.8) is 0 Å². The second-order valence-electron chi connectivity index (χ2n) is 5.46. The average molecular weight is 279 g/mol. The van der Waals surface area contributed by atoms with Crippen LogP contribution < -0.4 is 10.5 Å². The van der Waals surface area contributed by atoms with E-state index in [1.165, 1.54) is 11.1 Å². The number of fused-ring (bicyclic) bond motifs is 2. The van der Waals surface area contributed by atoms with Crippen LogP contribution in [0.15, 0.2) is 48.8 Å². The van der Waals surface area contributed by atoms with Crippen molar-refractivity contribution in [1.82, 2.24) is 9.38 Å². The van der Waals surface area contributed by atoms with Gasteiger partial charge in [0.15, 0.2) is 0 Å². The van der Waals surface area contributed by atoms with Gasteiger partial charge in [-0.3, -0.25) is 0 Å². The average Bonchev–Trinajstić information content (AvgIpc) is 3.09. The molecule has 2 N–H and O–H groups in total. The minimum Gasteiger partial charge on any atom is -0.487 e. The summed E-state index contributed by atoms with van der Waals surface area (Å²) < 4.78 is 7.99. The third-order valence-electron chi connectivity index (χ3n) is 4.06. The van der Waals surface area contributed by atoms with Gasteiger partial charge in [-0.25, -0.2) is 4.98 Å². The number of nitrogens with two attached hydrogens (primary N) is 1. The smallest absolute Gasteiger partial charge is 0.137 e. The molecular formula is C17H17N3O. The first-order valence-electron chi connectivity index (χ1n) is 7.24. The maximum atomic E-state index is 6.10. The van der Waals surface area contributed by atoms with Crippen molar-refractivity contribution in [1.29, 1.82) is 0 Å². The summed E-state index contributed by atoms with van der Waals surface area (Å²) in [7, 11) is 0. The van der Waals surface area contributed by atoms with Crippen LogP contribution in [-0.4, -0.2) is 9.38 Å². The number of pyridine rings is 1. The summed E-state index contributed by atoms with van der Waals surface area (Å²) in [5.74, 6) is 0.942. The molecule has 4 rings (SSSR count). The van der Waals surface area contributed by atoms with E-state index < -0.39 is 0 Å². The van der Waals surface area contributed by atoms with E-state index in [4.69, 9.17) is 10.5 Å². The van der Waals surface area contributed by atoms with E-state index in [1.807, 2.05) is 47.1 Å². The molecule has 0 bridgehead atoms. The Morgan fingerprint density at radius 2 is 2.19 bits per heavy atom. The lowest BCUT2D eigenvalue weighted by molar-refractivity contribution is 0.299. The zero-order valence-electron chi connectivity index (χ0n) is 11.7. The van der Waals surface area contributed by atoms with Crippen molar-refractivity contribution in [3.8, 4) is 5.75 Å². The lowest BCUT2D eigenvalue weighted by Gasteiger charge is -2.10. The molecule has 0 radical (unpaired) electrons. The monoisotopic (exact) mass is 279 g/mol. The van der Waals surface area contributed by atoms with Crippen LogP contribution in [-0.2, 0) is 13.0 Å². The van der Waals surface area contributed by atoms with Gasteiger partial charge in [-0.15, -0.1) is 0 Å². The Morgan fingerprint density at radius 3 is 3.10 bits per heavy atom. The van der Waals surface area contributed by atoms with Crippen molar-refractivity contribution < 1.29 is 4.74 Å². The molecule has 106 valence electrons. The predicted molar refractivity (Wildman–Crippen MR) is 81.2 cm³/mol. The molecule has 0 aliphatic heterocycles. The topological polar surface area (TPSA) is 52.5 Å². The Labute approximate surface area is 123 Å². The number of ether oxygens (including phenoxy) is 1. The molecule has 0 saturated carbocycles. The van der Waals surface area contributed by atoms with Gasteiger partial charge in [-0.1, -0.05) is 18.2 Å². The Balaban J connectivity index is 1.57. The van der Waals surface area contributed by atoms with Crippen molar-refractivity contribution in [3.05, 3.63) is 65.6 Å². The third-order valence-corrected chi connectivity index (χ3v) is 4.06. The van der Waals surface area contributed by atoms with Gasteiger partial charge in [-0.2, -0.15) is 0 Å². The summed E-state index contributed by atoms with van der Waals surface area (Å²) in [6.07, 6.45) is 6.00. The fraction of sp³-hybridized carbons (Fsp3) is 0.235. The summed E-state index contributed by atoms with van der Waals surface area (Å²) >= 11 is 0. The molecule has 1 unspecified atom stereocenters. The Morgan fingerprint density at radius 1 is 1.24 bits per heavy atom. The molecule has 4 nitrogen and oxygen atoms in total. The van der Waals surface area contributed by atoms with Crippen LogP contribution in [0.4, 0.5) is 0 Å². The highest BCUT2D eigenvalue weighted by molar-refractivity contribution is 5.45. The van der Waals surface area contributed by atoms with Crippen LogP contribution in [0.1, 0.15) is 29.3 Å². The van der Waals surface area contributed by atoms with Gasteiger partial charge < -0.3 is 14.9 Å². The Kier molecular flexibility index (Phi) is 2.89. The predicted octanol–water partition coefficient (Wildman–Crippen LogP) is 2.86. The first-order valence-corrected chi connectivity index (χ1v) is 7.24. The number of hydrogen-bond donors (Lipinski definition) is 1. The molecule has 3 aromatic rings. The van der Waals surface area contributed by atoms with E-state index >= 15 is 0 Å². The van der Waals surface area contributed by atoms with Gasteiger partial charge in [0.05, 0.1) is 5.69 Å². The SMILES string of the molecule is NC1CCc2c(OCc3cn4ccccc4n3)cccc21.